The third kappa shape index (κ3) is 12.4. The third-order valence-corrected chi connectivity index (χ3v) is 9.79. The molecule has 310 valence electrons. The van der Waals surface area contributed by atoms with Crippen molar-refractivity contribution < 1.29 is 37.8 Å². The number of rotatable bonds is 19. The zero-order valence-electron chi connectivity index (χ0n) is 32.7. The van der Waals surface area contributed by atoms with Crippen molar-refractivity contribution in [2.75, 3.05) is 32.0 Å². The molecular weight excluding hydrogens is 802 g/mol. The van der Waals surface area contributed by atoms with E-state index in [1.165, 1.54) is 18.0 Å². The first-order valence-electron chi connectivity index (χ1n) is 18.2. The Morgan fingerprint density at radius 2 is 1.41 bits per heavy atom. The van der Waals surface area contributed by atoms with Crippen molar-refractivity contribution in [1.29, 1.82) is 10.5 Å². The highest BCUT2D eigenvalue weighted by Crippen LogP contribution is 2.37. The van der Waals surface area contributed by atoms with Crippen LogP contribution in [0.5, 0.6) is 5.75 Å². The van der Waals surface area contributed by atoms with Crippen LogP contribution in [0, 0.1) is 34.5 Å². The van der Waals surface area contributed by atoms with Crippen molar-refractivity contribution in [2.24, 2.45) is 23.3 Å². The molecule has 0 fully saturated rings. The number of hydrogen-bond acceptors (Lipinski definition) is 16. The van der Waals surface area contributed by atoms with E-state index in [-0.39, 0.29) is 70.6 Å². The second-order valence-corrected chi connectivity index (χ2v) is 15.0. The summed E-state index contributed by atoms with van der Waals surface area (Å²) in [5.41, 5.74) is 19.2. The van der Waals surface area contributed by atoms with Crippen LogP contribution in [0.2, 0.25) is 5.02 Å². The summed E-state index contributed by atoms with van der Waals surface area (Å²) in [4.78, 5) is 59.2. The summed E-state index contributed by atoms with van der Waals surface area (Å²) in [7, 11) is 0. The molecule has 0 aliphatic heterocycles. The molecule has 0 aliphatic carbocycles. The second-order valence-electron chi connectivity index (χ2n) is 13.6. The lowest BCUT2D eigenvalue weighted by molar-refractivity contribution is -0.165. The molecule has 0 spiro atoms. The molecular formula is C40H44ClN9O8S. The Hall–Kier alpha value is -6.18. The summed E-state index contributed by atoms with van der Waals surface area (Å²) in [5.74, 6) is -2.62. The number of hydrogen-bond donors (Lipinski definition) is 5. The van der Waals surface area contributed by atoms with Gasteiger partial charge in [0, 0.05) is 21.9 Å². The van der Waals surface area contributed by atoms with Gasteiger partial charge in [0.25, 0.3) is 0 Å². The number of anilines is 1. The van der Waals surface area contributed by atoms with E-state index in [0.29, 0.717) is 22.2 Å². The number of nitrogens with zero attached hydrogens (tertiary/aromatic N) is 4. The Morgan fingerprint density at radius 1 is 0.831 bits per heavy atom. The summed E-state index contributed by atoms with van der Waals surface area (Å²) in [5, 5.41) is 26.2. The molecule has 17 nitrogen and oxygen atoms in total. The van der Waals surface area contributed by atoms with E-state index >= 15 is 0 Å². The maximum absolute atomic E-state index is 13.3. The normalized spacial score (nSPS) is 12.5. The topological polar surface area (TPSA) is 285 Å². The van der Waals surface area contributed by atoms with Crippen LogP contribution in [0.4, 0.5) is 5.82 Å². The average Bonchev–Trinajstić information content (AvgIpc) is 3.70. The quantitative estimate of drug-likeness (QED) is 0.0664. The highest BCUT2D eigenvalue weighted by molar-refractivity contribution is 7.98. The number of thioether (sulfide) groups is 1. The van der Waals surface area contributed by atoms with Crippen LogP contribution in [0.1, 0.15) is 44.5 Å². The number of esters is 2. The van der Waals surface area contributed by atoms with Crippen molar-refractivity contribution in [1.82, 2.24) is 20.6 Å². The van der Waals surface area contributed by atoms with Crippen LogP contribution >= 0.6 is 23.4 Å². The summed E-state index contributed by atoms with van der Waals surface area (Å²) in [6, 6.07) is 15.5. The summed E-state index contributed by atoms with van der Waals surface area (Å²) < 4.78 is 22.7. The summed E-state index contributed by atoms with van der Waals surface area (Å²) in [6.07, 6.45) is 0.320. The van der Waals surface area contributed by atoms with Gasteiger partial charge in [-0.25, -0.2) is 19.6 Å². The van der Waals surface area contributed by atoms with Gasteiger partial charge in [0.2, 0.25) is 17.7 Å². The standard InChI is InChI=1S/C40H44ClN9O8S/c1-21(2)34(48-31(51)15-44)39(53)57-19-28(58-40(54)35(22(3)4)49-32(52)16-45)18-55-27-11-7-23(8-12-27)33-29(13-42)36(46)50-38(30(33)14-43)59-20-26-17-56-37(47-26)24-5-9-25(41)10-6-24/h5-12,17,21-22,28,34-35H,15-16,18-20,44-45H2,1-4H3,(H2,46,50)(H,48,51)(H,49,52)/t28-,34-,35?/m0/s1. The van der Waals surface area contributed by atoms with E-state index in [0.717, 1.165) is 5.56 Å². The van der Waals surface area contributed by atoms with Gasteiger partial charge in [-0.15, -0.1) is 0 Å². The molecule has 0 saturated heterocycles. The molecule has 19 heteroatoms. The molecule has 2 aromatic carbocycles. The van der Waals surface area contributed by atoms with Crippen LogP contribution in [0.25, 0.3) is 22.6 Å². The number of pyridine rings is 1. The number of nitrogen functional groups attached to an aromatic ring is 1. The van der Waals surface area contributed by atoms with Crippen LogP contribution in [-0.2, 0) is 34.4 Å². The second kappa shape index (κ2) is 21.5. The van der Waals surface area contributed by atoms with E-state index in [1.807, 2.05) is 0 Å². The minimum Gasteiger partial charge on any atom is -0.490 e. The minimum atomic E-state index is -1.18. The monoisotopic (exact) mass is 845 g/mol. The average molecular weight is 846 g/mol. The Balaban J connectivity index is 1.54. The molecule has 0 radical (unpaired) electrons. The number of nitriles is 2. The molecule has 0 saturated carbocycles. The molecule has 4 aromatic rings. The van der Waals surface area contributed by atoms with Crippen molar-refractivity contribution in [3.63, 3.8) is 0 Å². The lowest BCUT2D eigenvalue weighted by atomic mass is 9.97. The molecule has 59 heavy (non-hydrogen) atoms. The molecule has 3 atom stereocenters. The SMILES string of the molecule is CC(C)C(NC(=O)CN)C(=O)O[C@H](COC(=O)[C@@H](NC(=O)CN)C(C)C)COc1ccc(-c2c(C#N)c(N)nc(SCc3coc(-c4ccc(Cl)cc4)n3)c2C#N)cc1. The van der Waals surface area contributed by atoms with E-state index in [9.17, 15) is 29.7 Å². The fourth-order valence-corrected chi connectivity index (χ4v) is 6.42. The lowest BCUT2D eigenvalue weighted by Gasteiger charge is -2.26. The first-order chi connectivity index (χ1) is 28.2. The number of carbonyl (C=O) groups is 4. The molecule has 1 unspecified atom stereocenters. The number of benzene rings is 2. The predicted molar refractivity (Wildman–Crippen MR) is 218 cm³/mol. The highest BCUT2D eigenvalue weighted by Gasteiger charge is 2.31. The Morgan fingerprint density at radius 3 is 1.97 bits per heavy atom. The highest BCUT2D eigenvalue weighted by atomic mass is 35.5. The number of amides is 2. The van der Waals surface area contributed by atoms with E-state index in [1.54, 1.807) is 76.2 Å². The van der Waals surface area contributed by atoms with E-state index < -0.39 is 48.5 Å². The van der Waals surface area contributed by atoms with Crippen molar-refractivity contribution in [2.45, 2.75) is 56.7 Å². The maximum Gasteiger partial charge on any atom is 0.329 e. The minimum absolute atomic E-state index is 0.00334. The van der Waals surface area contributed by atoms with E-state index in [4.69, 9.17) is 47.4 Å². The molecule has 4 rings (SSSR count). The smallest absolute Gasteiger partial charge is 0.329 e. The van der Waals surface area contributed by atoms with Crippen LogP contribution in [-0.4, -0.2) is 78.2 Å². The zero-order chi connectivity index (χ0) is 43.2. The van der Waals surface area contributed by atoms with Crippen LogP contribution in [0.3, 0.4) is 0 Å². The first-order valence-corrected chi connectivity index (χ1v) is 19.6. The lowest BCUT2D eigenvalue weighted by Crippen LogP contribution is -2.50. The molecule has 2 heterocycles. The number of aromatic nitrogens is 2. The van der Waals surface area contributed by atoms with Gasteiger partial charge >= 0.3 is 11.9 Å². The van der Waals surface area contributed by atoms with Crippen LogP contribution < -0.4 is 32.6 Å². The molecule has 0 bridgehead atoms. The Kier molecular flexibility index (Phi) is 16.6. The number of carbonyl (C=O) groups excluding carboxylic acids is 4. The van der Waals surface area contributed by atoms with Gasteiger partial charge in [-0.2, -0.15) is 10.5 Å². The summed E-state index contributed by atoms with van der Waals surface area (Å²) >= 11 is 7.19. The van der Waals surface area contributed by atoms with Gasteiger partial charge in [0.1, 0.15) is 65.9 Å². The number of nitrogens with one attached hydrogen (secondary N) is 2. The molecule has 8 N–H and O–H groups in total. The number of ether oxygens (including phenoxy) is 3. The van der Waals surface area contributed by atoms with Gasteiger partial charge in [-0.05, 0) is 53.8 Å². The fourth-order valence-electron chi connectivity index (χ4n) is 5.42. The first kappa shape index (κ1) is 45.5. The van der Waals surface area contributed by atoms with Gasteiger partial charge in [0.15, 0.2) is 6.10 Å². The zero-order valence-corrected chi connectivity index (χ0v) is 34.3. The largest absolute Gasteiger partial charge is 0.490 e. The fraction of sp³-hybridized carbons (Fsp3) is 0.350. The van der Waals surface area contributed by atoms with E-state index in [2.05, 4.69) is 32.7 Å². The van der Waals surface area contributed by atoms with Crippen molar-refractivity contribution in [3.8, 4) is 40.5 Å². The van der Waals surface area contributed by atoms with Crippen LogP contribution in [0.15, 0.2) is 64.2 Å². The Labute approximate surface area is 349 Å². The molecule has 2 amide bonds. The maximum atomic E-state index is 13.3. The Bertz CT molecular complexity index is 2200. The molecule has 0 aliphatic rings. The van der Waals surface area contributed by atoms with Gasteiger partial charge in [-0.1, -0.05) is 63.2 Å². The number of halogens is 1. The van der Waals surface area contributed by atoms with Crippen molar-refractivity contribution in [3.05, 3.63) is 76.6 Å². The van der Waals surface area contributed by atoms with Crippen molar-refractivity contribution >= 4 is 52.9 Å². The number of oxazole rings is 1. The predicted octanol–water partition coefficient (Wildman–Crippen LogP) is 3.71. The number of nitrogens with two attached hydrogens (primary N) is 3. The summed E-state index contributed by atoms with van der Waals surface area (Å²) in [6.45, 7) is 5.34. The third-order valence-electron chi connectivity index (χ3n) is 8.53. The van der Waals surface area contributed by atoms with Gasteiger partial charge < -0.3 is 46.5 Å². The van der Waals surface area contributed by atoms with Gasteiger partial charge in [0.05, 0.1) is 24.3 Å². The van der Waals surface area contributed by atoms with Gasteiger partial charge in [-0.3, -0.25) is 9.59 Å². The molecule has 2 aromatic heterocycles.